The molecule has 3 heteroatoms. The fourth-order valence-corrected chi connectivity index (χ4v) is 4.48. The van der Waals surface area contributed by atoms with Gasteiger partial charge in [-0.05, 0) is 53.6 Å². The highest BCUT2D eigenvalue weighted by molar-refractivity contribution is 5.98. The van der Waals surface area contributed by atoms with Crippen LogP contribution in [0.25, 0.3) is 49.9 Å². The SMILES string of the molecule is [2H]C([2H])(c1ccc2occ(-c3nc4ccccc4n3-c3cccc4ccccc34)c2c1)C(C)C. The van der Waals surface area contributed by atoms with Crippen molar-refractivity contribution in [1.82, 2.24) is 9.55 Å². The van der Waals surface area contributed by atoms with Crippen LogP contribution in [0.5, 0.6) is 0 Å². The number of furan rings is 1. The monoisotopic (exact) mass is 418 g/mol. The lowest BCUT2D eigenvalue weighted by atomic mass is 10.0. The average Bonchev–Trinajstić information content (AvgIpc) is 3.44. The molecular weight excluding hydrogens is 392 g/mol. The number of imidazole rings is 1. The second kappa shape index (κ2) is 7.38. The number of hydrogen-bond acceptors (Lipinski definition) is 2. The van der Waals surface area contributed by atoms with Gasteiger partial charge in [0.05, 0.1) is 22.3 Å². The van der Waals surface area contributed by atoms with Gasteiger partial charge in [0, 0.05) is 13.5 Å². The molecule has 0 bridgehead atoms. The fraction of sp³-hybridized carbons (Fsp3) is 0.138. The van der Waals surface area contributed by atoms with E-state index in [1.54, 1.807) is 6.26 Å². The highest BCUT2D eigenvalue weighted by Gasteiger charge is 2.19. The van der Waals surface area contributed by atoms with Crippen molar-refractivity contribution >= 4 is 32.8 Å². The van der Waals surface area contributed by atoms with Crippen molar-refractivity contribution in [2.45, 2.75) is 20.2 Å². The highest BCUT2D eigenvalue weighted by Crippen LogP contribution is 2.36. The van der Waals surface area contributed by atoms with E-state index < -0.39 is 6.37 Å². The molecule has 0 aliphatic heterocycles. The summed E-state index contributed by atoms with van der Waals surface area (Å²) in [6.45, 7) is 3.81. The van der Waals surface area contributed by atoms with E-state index >= 15 is 0 Å². The molecule has 0 aliphatic carbocycles. The first-order valence-corrected chi connectivity index (χ1v) is 10.9. The topological polar surface area (TPSA) is 31.0 Å². The van der Waals surface area contributed by atoms with Gasteiger partial charge < -0.3 is 4.42 Å². The van der Waals surface area contributed by atoms with Gasteiger partial charge in [0.1, 0.15) is 17.7 Å². The van der Waals surface area contributed by atoms with Crippen LogP contribution in [0, 0.1) is 5.92 Å². The first kappa shape index (κ1) is 16.8. The summed E-state index contributed by atoms with van der Waals surface area (Å²) in [7, 11) is 0. The zero-order valence-electron chi connectivity index (χ0n) is 20.0. The Kier molecular flexibility index (Phi) is 3.87. The van der Waals surface area contributed by atoms with Gasteiger partial charge in [0.2, 0.25) is 0 Å². The Bertz CT molecular complexity index is 1670. The molecule has 0 aliphatic rings. The van der Waals surface area contributed by atoms with Crippen LogP contribution in [0.1, 0.15) is 22.2 Å². The first-order valence-electron chi connectivity index (χ1n) is 11.9. The average molecular weight is 419 g/mol. The van der Waals surface area contributed by atoms with E-state index in [9.17, 15) is 0 Å². The van der Waals surface area contributed by atoms with Gasteiger partial charge >= 0.3 is 0 Å². The third kappa shape index (κ3) is 3.01. The normalized spacial score (nSPS) is 13.2. The zero-order valence-corrected chi connectivity index (χ0v) is 18.0. The molecule has 0 fully saturated rings. The number of benzene rings is 4. The summed E-state index contributed by atoms with van der Waals surface area (Å²) in [5.74, 6) is 0.624. The van der Waals surface area contributed by atoms with Crippen LogP contribution >= 0.6 is 0 Å². The molecule has 0 atom stereocenters. The Morgan fingerprint density at radius 3 is 2.62 bits per heavy atom. The minimum Gasteiger partial charge on any atom is -0.464 e. The van der Waals surface area contributed by atoms with Gasteiger partial charge in [0.15, 0.2) is 0 Å². The van der Waals surface area contributed by atoms with Crippen molar-refractivity contribution in [3.63, 3.8) is 0 Å². The summed E-state index contributed by atoms with van der Waals surface area (Å²) in [4.78, 5) is 5.02. The van der Waals surface area contributed by atoms with Crippen LogP contribution in [-0.2, 0) is 6.37 Å². The van der Waals surface area contributed by atoms with Crippen molar-refractivity contribution in [2.24, 2.45) is 5.92 Å². The van der Waals surface area contributed by atoms with E-state index in [4.69, 9.17) is 12.1 Å². The first-order chi connectivity index (χ1) is 16.4. The molecule has 0 radical (unpaired) electrons. The van der Waals surface area contributed by atoms with Crippen LogP contribution in [0.2, 0.25) is 0 Å². The molecule has 2 heterocycles. The maximum atomic E-state index is 8.60. The Balaban J connectivity index is 1.67. The van der Waals surface area contributed by atoms with Gasteiger partial charge in [-0.1, -0.05) is 68.4 Å². The summed E-state index contributed by atoms with van der Waals surface area (Å²) >= 11 is 0. The van der Waals surface area contributed by atoms with Crippen molar-refractivity contribution in [3.8, 4) is 17.1 Å². The largest absolute Gasteiger partial charge is 0.464 e. The number of fused-ring (bicyclic) bond motifs is 3. The summed E-state index contributed by atoms with van der Waals surface area (Å²) in [6, 6.07) is 28.4. The molecular formula is C29H24N2O. The highest BCUT2D eigenvalue weighted by atomic mass is 16.3. The van der Waals surface area contributed by atoms with E-state index in [0.717, 1.165) is 49.9 Å². The zero-order chi connectivity index (χ0) is 23.4. The van der Waals surface area contributed by atoms with E-state index in [1.165, 1.54) is 0 Å². The standard InChI is InChI=1S/C29H24N2O/c1-19(2)16-20-14-15-28-23(17-20)24(18-32-28)29-30-25-11-5-6-12-27(25)31(29)26-13-7-9-21-8-3-4-10-22(21)26/h3-15,17-19H,16H2,1-2H3/i16D2. The predicted octanol–water partition coefficient (Wildman–Crippen LogP) is 7.79. The molecule has 0 unspecified atom stereocenters. The molecule has 6 aromatic rings. The third-order valence-corrected chi connectivity index (χ3v) is 5.84. The third-order valence-electron chi connectivity index (χ3n) is 5.84. The summed E-state index contributed by atoms with van der Waals surface area (Å²) in [6.07, 6.45) is 0.292. The van der Waals surface area contributed by atoms with Crippen molar-refractivity contribution in [1.29, 1.82) is 0 Å². The molecule has 3 nitrogen and oxygen atoms in total. The number of aromatic nitrogens is 2. The van der Waals surface area contributed by atoms with Gasteiger partial charge in [-0.2, -0.15) is 0 Å². The smallest absolute Gasteiger partial charge is 0.149 e. The Labute approximate surface area is 189 Å². The van der Waals surface area contributed by atoms with Crippen LogP contribution in [0.4, 0.5) is 0 Å². The Hall–Kier alpha value is -3.85. The summed E-state index contributed by atoms with van der Waals surface area (Å²) < 4.78 is 25.3. The molecule has 0 saturated heterocycles. The second-order valence-corrected chi connectivity index (χ2v) is 8.42. The minimum absolute atomic E-state index is 0.152. The van der Waals surface area contributed by atoms with Crippen LogP contribution < -0.4 is 0 Å². The summed E-state index contributed by atoms with van der Waals surface area (Å²) in [5.41, 5.74) is 5.16. The Morgan fingerprint density at radius 1 is 0.906 bits per heavy atom. The van der Waals surface area contributed by atoms with Crippen LogP contribution in [0.3, 0.4) is 0 Å². The lowest BCUT2D eigenvalue weighted by Crippen LogP contribution is -1.98. The molecule has 6 rings (SSSR count). The molecule has 156 valence electrons. The predicted molar refractivity (Wildman–Crippen MR) is 132 cm³/mol. The van der Waals surface area contributed by atoms with E-state index in [0.29, 0.717) is 5.56 Å². The Morgan fingerprint density at radius 2 is 1.72 bits per heavy atom. The van der Waals surface area contributed by atoms with E-state index in [-0.39, 0.29) is 5.92 Å². The quantitative estimate of drug-likeness (QED) is 0.292. The van der Waals surface area contributed by atoms with E-state index in [2.05, 4.69) is 47.0 Å². The number of hydrogen-bond donors (Lipinski definition) is 0. The lowest BCUT2D eigenvalue weighted by Gasteiger charge is -2.12. The van der Waals surface area contributed by atoms with Crippen molar-refractivity contribution in [2.75, 3.05) is 0 Å². The molecule has 0 saturated carbocycles. The molecule has 4 aromatic carbocycles. The van der Waals surface area contributed by atoms with Gasteiger partial charge in [0.25, 0.3) is 0 Å². The van der Waals surface area contributed by atoms with Crippen molar-refractivity contribution in [3.05, 3.63) is 96.8 Å². The molecule has 0 N–H and O–H groups in total. The van der Waals surface area contributed by atoms with Gasteiger partial charge in [-0.25, -0.2) is 4.98 Å². The molecule has 2 aromatic heterocycles. The van der Waals surface area contributed by atoms with E-state index in [1.807, 2.05) is 56.3 Å². The van der Waals surface area contributed by atoms with Gasteiger partial charge in [-0.15, -0.1) is 0 Å². The van der Waals surface area contributed by atoms with Crippen LogP contribution in [-0.4, -0.2) is 9.55 Å². The minimum atomic E-state index is -1.45. The number of rotatable bonds is 4. The second-order valence-electron chi connectivity index (χ2n) is 8.42. The van der Waals surface area contributed by atoms with Crippen LogP contribution in [0.15, 0.2) is 95.6 Å². The fourth-order valence-electron chi connectivity index (χ4n) is 4.48. The number of nitrogens with zero attached hydrogens (tertiary/aromatic N) is 2. The van der Waals surface area contributed by atoms with Gasteiger partial charge in [-0.3, -0.25) is 4.57 Å². The number of para-hydroxylation sites is 2. The van der Waals surface area contributed by atoms with Crippen molar-refractivity contribution < 1.29 is 7.16 Å². The summed E-state index contributed by atoms with van der Waals surface area (Å²) in [5, 5.41) is 3.16. The molecule has 32 heavy (non-hydrogen) atoms. The maximum Gasteiger partial charge on any atom is 0.149 e. The molecule has 0 spiro atoms. The maximum absolute atomic E-state index is 8.60. The molecule has 0 amide bonds. The lowest BCUT2D eigenvalue weighted by molar-refractivity contribution is 0.615.